The Hall–Kier alpha value is -2.99. The van der Waals surface area contributed by atoms with Crippen molar-refractivity contribution in [3.05, 3.63) is 88.6 Å². The summed E-state index contributed by atoms with van der Waals surface area (Å²) in [6.45, 7) is 1.83. The molecule has 0 bridgehead atoms. The van der Waals surface area contributed by atoms with Gasteiger partial charge in [0.15, 0.2) is 11.6 Å². The Bertz CT molecular complexity index is 967. The number of carbonyl (C=O) groups excluding carboxylic acids is 1. The number of aromatic nitrogens is 1. The second-order valence-electron chi connectivity index (χ2n) is 5.79. The lowest BCUT2D eigenvalue weighted by atomic mass is 10.1. The van der Waals surface area contributed by atoms with Crippen LogP contribution >= 0.6 is 11.6 Å². The van der Waals surface area contributed by atoms with Gasteiger partial charge in [-0.25, -0.2) is 13.8 Å². The van der Waals surface area contributed by atoms with Crippen LogP contribution in [0.15, 0.2) is 60.8 Å². The first-order valence-electron chi connectivity index (χ1n) is 8.08. The molecule has 1 aromatic heterocycles. The van der Waals surface area contributed by atoms with E-state index in [4.69, 9.17) is 16.3 Å². The molecule has 1 atom stereocenters. The molecule has 4 nitrogen and oxygen atoms in total. The molecule has 1 N–H and O–H groups in total. The Balaban J connectivity index is 1.84. The quantitative estimate of drug-likeness (QED) is 0.645. The molecule has 0 radical (unpaired) electrons. The maximum absolute atomic E-state index is 13.4. The molecule has 7 heteroatoms. The molecule has 3 aromatic rings. The van der Waals surface area contributed by atoms with E-state index < -0.39 is 17.5 Å². The van der Waals surface area contributed by atoms with Crippen LogP contribution in [0.3, 0.4) is 0 Å². The maximum atomic E-state index is 13.4. The maximum Gasteiger partial charge on any atom is 0.257 e. The van der Waals surface area contributed by atoms with Crippen molar-refractivity contribution < 1.29 is 18.3 Å². The summed E-state index contributed by atoms with van der Waals surface area (Å²) in [5, 5.41) is 3.08. The zero-order valence-corrected chi connectivity index (χ0v) is 15.0. The third kappa shape index (κ3) is 4.60. The topological polar surface area (TPSA) is 51.2 Å². The van der Waals surface area contributed by atoms with Gasteiger partial charge in [-0.2, -0.15) is 0 Å². The van der Waals surface area contributed by atoms with E-state index in [9.17, 15) is 13.6 Å². The van der Waals surface area contributed by atoms with Gasteiger partial charge in [-0.05, 0) is 30.7 Å². The van der Waals surface area contributed by atoms with Gasteiger partial charge in [-0.1, -0.05) is 41.9 Å². The van der Waals surface area contributed by atoms with E-state index >= 15 is 0 Å². The van der Waals surface area contributed by atoms with Crippen molar-refractivity contribution in [2.75, 3.05) is 0 Å². The Labute approximate surface area is 159 Å². The fourth-order valence-corrected chi connectivity index (χ4v) is 2.58. The van der Waals surface area contributed by atoms with Crippen LogP contribution in [0, 0.1) is 11.6 Å². The predicted molar refractivity (Wildman–Crippen MR) is 98.0 cm³/mol. The number of pyridine rings is 1. The largest absolute Gasteiger partial charge is 0.438 e. The second-order valence-corrected chi connectivity index (χ2v) is 6.23. The summed E-state index contributed by atoms with van der Waals surface area (Å²) >= 11 is 5.96. The Kier molecular flexibility index (Phi) is 5.66. The molecule has 0 saturated carbocycles. The molecule has 0 fully saturated rings. The lowest BCUT2D eigenvalue weighted by molar-refractivity contribution is 0.0937. The number of ether oxygens (including phenoxy) is 1. The van der Waals surface area contributed by atoms with Crippen LogP contribution in [-0.4, -0.2) is 10.9 Å². The molecule has 0 unspecified atom stereocenters. The SMILES string of the molecule is C[C@H](NC(=O)c1cc(Cl)cnc1Oc1ccc(F)c(F)c1)c1ccccc1. The molecule has 138 valence electrons. The molecule has 0 saturated heterocycles. The molecule has 0 aliphatic rings. The average molecular weight is 389 g/mol. The lowest BCUT2D eigenvalue weighted by Gasteiger charge is -2.16. The fourth-order valence-electron chi connectivity index (χ4n) is 2.42. The molecular formula is C20H15ClF2N2O2. The van der Waals surface area contributed by atoms with Gasteiger partial charge in [-0.15, -0.1) is 0 Å². The molecule has 1 amide bonds. The highest BCUT2D eigenvalue weighted by Gasteiger charge is 2.19. The average Bonchev–Trinajstić information content (AvgIpc) is 2.66. The standard InChI is InChI=1S/C20H15ClF2N2O2/c1-12(13-5-3-2-4-6-13)25-19(26)16-9-14(21)11-24-20(16)27-15-7-8-17(22)18(23)10-15/h2-12H,1H3,(H,25,26)/t12-/m0/s1. The zero-order chi connectivity index (χ0) is 19.4. The first-order valence-corrected chi connectivity index (χ1v) is 8.46. The smallest absolute Gasteiger partial charge is 0.257 e. The van der Waals surface area contributed by atoms with Gasteiger partial charge < -0.3 is 10.1 Å². The normalized spacial score (nSPS) is 11.7. The number of nitrogens with one attached hydrogen (secondary N) is 1. The lowest BCUT2D eigenvalue weighted by Crippen LogP contribution is -2.27. The number of amides is 1. The summed E-state index contributed by atoms with van der Waals surface area (Å²) in [6, 6.07) is 13.6. The van der Waals surface area contributed by atoms with Crippen molar-refractivity contribution >= 4 is 17.5 Å². The number of hydrogen-bond acceptors (Lipinski definition) is 3. The van der Waals surface area contributed by atoms with Gasteiger partial charge in [0.25, 0.3) is 5.91 Å². The third-order valence-electron chi connectivity index (χ3n) is 3.82. The van der Waals surface area contributed by atoms with Gasteiger partial charge >= 0.3 is 0 Å². The first-order chi connectivity index (χ1) is 12.9. The summed E-state index contributed by atoms with van der Waals surface area (Å²) in [6.07, 6.45) is 1.30. The van der Waals surface area contributed by atoms with Crippen molar-refractivity contribution in [3.63, 3.8) is 0 Å². The minimum atomic E-state index is -1.06. The van der Waals surface area contributed by atoms with Crippen molar-refractivity contribution in [3.8, 4) is 11.6 Å². The molecule has 0 aliphatic carbocycles. The first kappa shape index (κ1) is 18.8. The van der Waals surface area contributed by atoms with E-state index in [1.165, 1.54) is 18.3 Å². The Morgan fingerprint density at radius 3 is 2.56 bits per heavy atom. The van der Waals surface area contributed by atoms with Crippen LogP contribution in [0.1, 0.15) is 28.9 Å². The number of nitrogens with zero attached hydrogens (tertiary/aromatic N) is 1. The van der Waals surface area contributed by atoms with Crippen LogP contribution in [0.4, 0.5) is 8.78 Å². The summed E-state index contributed by atoms with van der Waals surface area (Å²) in [5.41, 5.74) is 0.999. The van der Waals surface area contributed by atoms with Crippen LogP contribution in [-0.2, 0) is 0 Å². The predicted octanol–water partition coefficient (Wildman–Crippen LogP) is 5.30. The minimum absolute atomic E-state index is 0.00822. The summed E-state index contributed by atoms with van der Waals surface area (Å²) in [7, 11) is 0. The number of rotatable bonds is 5. The third-order valence-corrected chi connectivity index (χ3v) is 4.02. The van der Waals surface area contributed by atoms with E-state index in [1.807, 2.05) is 37.3 Å². The summed E-state index contributed by atoms with van der Waals surface area (Å²) in [4.78, 5) is 16.7. The summed E-state index contributed by atoms with van der Waals surface area (Å²) < 4.78 is 31.9. The molecular weight excluding hydrogens is 374 g/mol. The van der Waals surface area contributed by atoms with E-state index in [2.05, 4.69) is 10.3 Å². The van der Waals surface area contributed by atoms with E-state index in [1.54, 1.807) is 0 Å². The monoisotopic (exact) mass is 388 g/mol. The molecule has 27 heavy (non-hydrogen) atoms. The number of hydrogen-bond donors (Lipinski definition) is 1. The van der Waals surface area contributed by atoms with Gasteiger partial charge in [0, 0.05) is 12.3 Å². The van der Waals surface area contributed by atoms with Crippen molar-refractivity contribution in [1.29, 1.82) is 0 Å². The van der Waals surface area contributed by atoms with Crippen LogP contribution in [0.25, 0.3) is 0 Å². The van der Waals surface area contributed by atoms with Gasteiger partial charge in [0.05, 0.1) is 11.1 Å². The highest BCUT2D eigenvalue weighted by atomic mass is 35.5. The fraction of sp³-hybridized carbons (Fsp3) is 0.100. The van der Waals surface area contributed by atoms with E-state index in [0.29, 0.717) is 0 Å². The molecule has 1 heterocycles. The molecule has 0 spiro atoms. The van der Waals surface area contributed by atoms with Crippen LogP contribution in [0.2, 0.25) is 5.02 Å². The van der Waals surface area contributed by atoms with E-state index in [-0.39, 0.29) is 28.3 Å². The number of halogens is 3. The van der Waals surface area contributed by atoms with Gasteiger partial charge in [0.2, 0.25) is 5.88 Å². The van der Waals surface area contributed by atoms with Crippen LogP contribution in [0.5, 0.6) is 11.6 Å². The van der Waals surface area contributed by atoms with Crippen molar-refractivity contribution in [1.82, 2.24) is 10.3 Å². The van der Waals surface area contributed by atoms with E-state index in [0.717, 1.165) is 17.7 Å². The number of carbonyl (C=O) groups is 1. The molecule has 3 rings (SSSR count). The minimum Gasteiger partial charge on any atom is -0.438 e. The number of benzene rings is 2. The zero-order valence-electron chi connectivity index (χ0n) is 14.2. The van der Waals surface area contributed by atoms with Crippen molar-refractivity contribution in [2.24, 2.45) is 0 Å². The van der Waals surface area contributed by atoms with Crippen molar-refractivity contribution in [2.45, 2.75) is 13.0 Å². The Morgan fingerprint density at radius 1 is 1.11 bits per heavy atom. The highest BCUT2D eigenvalue weighted by Crippen LogP contribution is 2.27. The van der Waals surface area contributed by atoms with Crippen LogP contribution < -0.4 is 10.1 Å². The molecule has 2 aromatic carbocycles. The molecule has 0 aliphatic heterocycles. The Morgan fingerprint density at radius 2 is 1.85 bits per heavy atom. The van der Waals surface area contributed by atoms with Gasteiger partial charge in [-0.3, -0.25) is 4.79 Å². The van der Waals surface area contributed by atoms with Gasteiger partial charge in [0.1, 0.15) is 11.3 Å². The highest BCUT2D eigenvalue weighted by molar-refractivity contribution is 6.30. The summed E-state index contributed by atoms with van der Waals surface area (Å²) in [5.74, 6) is -2.58. The second kappa shape index (κ2) is 8.14.